The van der Waals surface area contributed by atoms with Gasteiger partial charge < -0.3 is 15.2 Å². The average molecular weight is 371 g/mol. The third-order valence-corrected chi connectivity index (χ3v) is 4.00. The summed E-state index contributed by atoms with van der Waals surface area (Å²) in [4.78, 5) is 26.0. The summed E-state index contributed by atoms with van der Waals surface area (Å²) in [6, 6.07) is 3.70. The minimum absolute atomic E-state index is 0.146. The number of nitrogen functional groups attached to an aromatic ring is 1. The van der Waals surface area contributed by atoms with Crippen molar-refractivity contribution in [3.63, 3.8) is 0 Å². The maximum atomic E-state index is 6.18. The van der Waals surface area contributed by atoms with Crippen LogP contribution >= 0.6 is 11.8 Å². The molecule has 0 spiro atoms. The summed E-state index contributed by atoms with van der Waals surface area (Å²) < 4.78 is 10.3. The second kappa shape index (κ2) is 7.48. The lowest BCUT2D eigenvalue weighted by molar-refractivity contribution is 0.381. The molecule has 0 radical (unpaired) electrons. The Morgan fingerprint density at radius 2 is 1.81 bits per heavy atom. The zero-order valence-electron chi connectivity index (χ0n) is 14.7. The second-order valence-electron chi connectivity index (χ2n) is 5.10. The zero-order chi connectivity index (χ0) is 18.7. The number of aromatic nitrogens is 6. The van der Waals surface area contributed by atoms with Crippen LogP contribution in [-0.2, 0) is 0 Å². The van der Waals surface area contributed by atoms with Crippen LogP contribution < -0.4 is 15.2 Å². The molecule has 3 aromatic rings. The maximum Gasteiger partial charge on any atom is 0.318 e. The first-order valence-electron chi connectivity index (χ1n) is 7.54. The van der Waals surface area contributed by atoms with Crippen molar-refractivity contribution in [2.75, 3.05) is 26.2 Å². The number of hydrogen-bond acceptors (Lipinski definition) is 10. The van der Waals surface area contributed by atoms with Crippen LogP contribution in [0.4, 0.5) is 5.82 Å². The Bertz CT molecular complexity index is 935. The first kappa shape index (κ1) is 17.8. The Morgan fingerprint density at radius 1 is 1.00 bits per heavy atom. The number of pyridine rings is 1. The molecule has 10 heteroatoms. The fourth-order valence-corrected chi connectivity index (χ4v) is 2.68. The summed E-state index contributed by atoms with van der Waals surface area (Å²) in [7, 11) is 3.03. The van der Waals surface area contributed by atoms with E-state index in [-0.39, 0.29) is 11.8 Å². The van der Waals surface area contributed by atoms with E-state index in [2.05, 4.69) is 29.9 Å². The lowest BCUT2D eigenvalue weighted by atomic mass is 10.1. The molecule has 2 N–H and O–H groups in total. The first-order chi connectivity index (χ1) is 12.5. The number of methoxy groups -OCH3 is 2. The number of rotatable bonds is 5. The molecule has 26 heavy (non-hydrogen) atoms. The molecular formula is C16H17N7O2S. The standard InChI is InChI=1S/C16H17N7O2S/c1-8-19-14(23-16(20-8)26-4)11-12(21-15(25-3)22-13(11)17)9-5-6-10(24-2)18-7-9/h5-7H,1-4H3,(H2,17,21,22). The summed E-state index contributed by atoms with van der Waals surface area (Å²) in [6.45, 7) is 1.79. The highest BCUT2D eigenvalue weighted by Gasteiger charge is 2.20. The van der Waals surface area contributed by atoms with E-state index in [0.29, 0.717) is 39.5 Å². The average Bonchev–Trinajstić information content (AvgIpc) is 2.66. The Morgan fingerprint density at radius 3 is 2.42 bits per heavy atom. The van der Waals surface area contributed by atoms with Crippen LogP contribution in [-0.4, -0.2) is 50.4 Å². The molecule has 0 saturated carbocycles. The molecule has 0 fully saturated rings. The molecule has 3 heterocycles. The monoisotopic (exact) mass is 371 g/mol. The van der Waals surface area contributed by atoms with Gasteiger partial charge in [0.1, 0.15) is 11.6 Å². The predicted molar refractivity (Wildman–Crippen MR) is 98.1 cm³/mol. The van der Waals surface area contributed by atoms with Crippen molar-refractivity contribution in [3.05, 3.63) is 24.2 Å². The van der Waals surface area contributed by atoms with Crippen molar-refractivity contribution in [3.8, 4) is 34.5 Å². The Kier molecular flexibility index (Phi) is 5.12. The summed E-state index contributed by atoms with van der Waals surface area (Å²) in [5.74, 6) is 1.67. The van der Waals surface area contributed by atoms with Crippen molar-refractivity contribution in [2.45, 2.75) is 12.1 Å². The highest BCUT2D eigenvalue weighted by atomic mass is 32.2. The molecule has 0 saturated heterocycles. The van der Waals surface area contributed by atoms with Crippen LogP contribution in [0.15, 0.2) is 23.5 Å². The summed E-state index contributed by atoms with van der Waals surface area (Å²) >= 11 is 1.41. The third kappa shape index (κ3) is 3.49. The summed E-state index contributed by atoms with van der Waals surface area (Å²) in [6.07, 6.45) is 3.52. The van der Waals surface area contributed by atoms with Gasteiger partial charge in [0, 0.05) is 17.8 Å². The molecule has 0 aromatic carbocycles. The van der Waals surface area contributed by atoms with Gasteiger partial charge in [-0.2, -0.15) is 9.97 Å². The van der Waals surface area contributed by atoms with Crippen molar-refractivity contribution in [1.29, 1.82) is 0 Å². The van der Waals surface area contributed by atoms with E-state index in [1.54, 1.807) is 26.3 Å². The fraction of sp³-hybridized carbons (Fsp3) is 0.250. The lowest BCUT2D eigenvalue weighted by Crippen LogP contribution is -2.07. The highest BCUT2D eigenvalue weighted by Crippen LogP contribution is 2.34. The molecule has 0 amide bonds. The van der Waals surface area contributed by atoms with Crippen LogP contribution in [0.5, 0.6) is 11.9 Å². The number of nitrogens with two attached hydrogens (primary N) is 1. The van der Waals surface area contributed by atoms with Gasteiger partial charge in [-0.15, -0.1) is 0 Å². The first-order valence-corrected chi connectivity index (χ1v) is 8.77. The van der Waals surface area contributed by atoms with E-state index in [4.69, 9.17) is 15.2 Å². The van der Waals surface area contributed by atoms with Crippen molar-refractivity contribution in [1.82, 2.24) is 29.9 Å². The number of anilines is 1. The van der Waals surface area contributed by atoms with E-state index in [9.17, 15) is 0 Å². The molecule has 0 atom stereocenters. The van der Waals surface area contributed by atoms with Gasteiger partial charge in [0.2, 0.25) is 5.88 Å². The molecule has 0 unspecified atom stereocenters. The van der Waals surface area contributed by atoms with Gasteiger partial charge in [-0.3, -0.25) is 0 Å². The molecule has 0 aliphatic carbocycles. The maximum absolute atomic E-state index is 6.18. The van der Waals surface area contributed by atoms with E-state index < -0.39 is 0 Å². The largest absolute Gasteiger partial charge is 0.481 e. The number of ether oxygens (including phenoxy) is 2. The van der Waals surface area contributed by atoms with E-state index >= 15 is 0 Å². The van der Waals surface area contributed by atoms with E-state index in [1.807, 2.05) is 12.3 Å². The molecule has 0 bridgehead atoms. The Hall–Kier alpha value is -3.01. The van der Waals surface area contributed by atoms with Crippen LogP contribution in [0.1, 0.15) is 5.82 Å². The smallest absolute Gasteiger partial charge is 0.318 e. The Balaban J connectivity index is 2.25. The van der Waals surface area contributed by atoms with Gasteiger partial charge in [-0.1, -0.05) is 11.8 Å². The highest BCUT2D eigenvalue weighted by molar-refractivity contribution is 7.98. The van der Waals surface area contributed by atoms with Crippen molar-refractivity contribution < 1.29 is 9.47 Å². The minimum Gasteiger partial charge on any atom is -0.481 e. The van der Waals surface area contributed by atoms with Gasteiger partial charge in [-0.05, 0) is 19.2 Å². The van der Waals surface area contributed by atoms with Gasteiger partial charge in [0.15, 0.2) is 11.0 Å². The lowest BCUT2D eigenvalue weighted by Gasteiger charge is -2.12. The van der Waals surface area contributed by atoms with Gasteiger partial charge in [-0.25, -0.2) is 19.9 Å². The zero-order valence-corrected chi connectivity index (χ0v) is 15.5. The number of nitrogens with zero attached hydrogens (tertiary/aromatic N) is 6. The number of hydrogen-bond donors (Lipinski definition) is 1. The normalized spacial score (nSPS) is 10.6. The van der Waals surface area contributed by atoms with E-state index in [1.165, 1.54) is 18.9 Å². The molecule has 3 aromatic heterocycles. The number of thioether (sulfide) groups is 1. The topological polar surface area (TPSA) is 122 Å². The Labute approximate surface area is 154 Å². The van der Waals surface area contributed by atoms with Crippen molar-refractivity contribution >= 4 is 17.6 Å². The van der Waals surface area contributed by atoms with Gasteiger partial charge in [0.05, 0.1) is 25.5 Å². The molecule has 3 rings (SSSR count). The summed E-state index contributed by atoms with van der Waals surface area (Å²) in [5, 5.41) is 0.585. The molecule has 0 aliphatic rings. The fourth-order valence-electron chi connectivity index (χ4n) is 2.28. The minimum atomic E-state index is 0.146. The van der Waals surface area contributed by atoms with Crippen LogP contribution in [0.3, 0.4) is 0 Å². The quantitative estimate of drug-likeness (QED) is 0.666. The second-order valence-corrected chi connectivity index (χ2v) is 5.87. The third-order valence-electron chi connectivity index (χ3n) is 3.45. The SMILES string of the molecule is COc1ccc(-c2nc(OC)nc(N)c2-c2nc(C)nc(SC)n2)cn1. The predicted octanol–water partition coefficient (Wildman–Crippen LogP) is 2.02. The van der Waals surface area contributed by atoms with Crippen LogP contribution in [0, 0.1) is 6.92 Å². The molecule has 0 aliphatic heterocycles. The van der Waals surface area contributed by atoms with E-state index in [0.717, 1.165) is 0 Å². The van der Waals surface area contributed by atoms with Crippen molar-refractivity contribution in [2.24, 2.45) is 0 Å². The molecule has 9 nitrogen and oxygen atoms in total. The molecule has 134 valence electrons. The number of aryl methyl sites for hydroxylation is 1. The van der Waals surface area contributed by atoms with Crippen LogP contribution in [0.2, 0.25) is 0 Å². The van der Waals surface area contributed by atoms with Crippen LogP contribution in [0.25, 0.3) is 22.6 Å². The van der Waals surface area contributed by atoms with Gasteiger partial charge >= 0.3 is 6.01 Å². The molecular weight excluding hydrogens is 354 g/mol. The summed E-state index contributed by atoms with van der Waals surface area (Å²) in [5.41, 5.74) is 7.90. The van der Waals surface area contributed by atoms with Gasteiger partial charge in [0.25, 0.3) is 0 Å².